The van der Waals surface area contributed by atoms with E-state index in [2.05, 4.69) is 20.9 Å². The summed E-state index contributed by atoms with van der Waals surface area (Å²) in [7, 11) is 1.54. The molecule has 0 amide bonds. The van der Waals surface area contributed by atoms with Crippen LogP contribution >= 0.6 is 27.3 Å². The number of carbonyl (C=O) groups is 1. The number of esters is 1. The van der Waals surface area contributed by atoms with Crippen molar-refractivity contribution in [2.75, 3.05) is 20.3 Å². The summed E-state index contributed by atoms with van der Waals surface area (Å²) < 4.78 is 38.3. The Labute approximate surface area is 265 Å². The molecule has 0 radical (unpaired) electrons. The lowest BCUT2D eigenvalue weighted by atomic mass is 9.95. The van der Waals surface area contributed by atoms with E-state index in [1.54, 1.807) is 44.2 Å². The van der Waals surface area contributed by atoms with Crippen LogP contribution in [0.5, 0.6) is 17.2 Å². The van der Waals surface area contributed by atoms with Crippen molar-refractivity contribution < 1.29 is 28.1 Å². The second-order valence-corrected chi connectivity index (χ2v) is 11.6. The van der Waals surface area contributed by atoms with Crippen LogP contribution in [0.25, 0.3) is 6.08 Å². The van der Waals surface area contributed by atoms with Gasteiger partial charge < -0.3 is 18.9 Å². The summed E-state index contributed by atoms with van der Waals surface area (Å²) in [6.45, 7) is 6.24. The molecule has 0 fully saturated rings. The molecule has 1 aliphatic rings. The Morgan fingerprint density at radius 3 is 2.43 bits per heavy atom. The minimum atomic E-state index is -0.825. The van der Waals surface area contributed by atoms with Crippen molar-refractivity contribution in [2.24, 2.45) is 4.99 Å². The van der Waals surface area contributed by atoms with Crippen LogP contribution in [0.15, 0.2) is 86.2 Å². The quantitative estimate of drug-likeness (QED) is 0.200. The van der Waals surface area contributed by atoms with Crippen molar-refractivity contribution in [1.29, 1.82) is 0 Å². The molecular formula is C33H30BrFN2O6S. The number of allylic oxidation sites excluding steroid dienone is 1. The molecule has 0 bridgehead atoms. The van der Waals surface area contributed by atoms with Gasteiger partial charge in [-0.05, 0) is 79.9 Å². The van der Waals surface area contributed by atoms with E-state index in [9.17, 15) is 14.0 Å². The molecule has 0 saturated heterocycles. The number of nitrogens with zero attached hydrogens (tertiary/aromatic N) is 2. The van der Waals surface area contributed by atoms with Crippen LogP contribution in [0.4, 0.5) is 4.39 Å². The van der Waals surface area contributed by atoms with Gasteiger partial charge in [0.05, 0.1) is 42.2 Å². The summed E-state index contributed by atoms with van der Waals surface area (Å²) in [5.41, 5.74) is 2.68. The molecule has 1 aromatic heterocycles. The van der Waals surface area contributed by atoms with Crippen LogP contribution in [0, 0.1) is 5.82 Å². The minimum absolute atomic E-state index is 0.171. The first-order valence-electron chi connectivity index (χ1n) is 13.9. The van der Waals surface area contributed by atoms with Crippen molar-refractivity contribution >= 4 is 39.3 Å². The fourth-order valence-corrected chi connectivity index (χ4v) is 6.42. The van der Waals surface area contributed by atoms with Gasteiger partial charge in [0.2, 0.25) is 0 Å². The molecule has 0 spiro atoms. The third kappa shape index (κ3) is 6.48. The molecule has 11 heteroatoms. The summed E-state index contributed by atoms with van der Waals surface area (Å²) in [6, 6.07) is 16.1. The van der Waals surface area contributed by atoms with E-state index in [0.717, 1.165) is 11.1 Å². The van der Waals surface area contributed by atoms with Gasteiger partial charge in [0, 0.05) is 4.47 Å². The molecule has 2 heterocycles. The van der Waals surface area contributed by atoms with Crippen molar-refractivity contribution in [2.45, 2.75) is 33.4 Å². The predicted molar refractivity (Wildman–Crippen MR) is 169 cm³/mol. The monoisotopic (exact) mass is 680 g/mol. The second-order valence-electron chi connectivity index (χ2n) is 9.74. The van der Waals surface area contributed by atoms with Gasteiger partial charge in [0.1, 0.15) is 18.2 Å². The first kappa shape index (κ1) is 31.2. The normalized spacial score (nSPS) is 14.6. The number of rotatable bonds is 10. The van der Waals surface area contributed by atoms with Crippen LogP contribution in [0.1, 0.15) is 43.5 Å². The summed E-state index contributed by atoms with van der Waals surface area (Å²) >= 11 is 4.87. The van der Waals surface area contributed by atoms with Gasteiger partial charge in [0.25, 0.3) is 5.56 Å². The number of benzene rings is 3. The minimum Gasteiger partial charge on any atom is -0.493 e. The highest BCUT2D eigenvalue weighted by Crippen LogP contribution is 2.41. The van der Waals surface area contributed by atoms with Crippen LogP contribution in [0.3, 0.4) is 0 Å². The molecule has 1 aliphatic heterocycles. The zero-order valence-corrected chi connectivity index (χ0v) is 27.0. The molecule has 0 unspecified atom stereocenters. The molecule has 5 rings (SSSR count). The third-order valence-corrected chi connectivity index (χ3v) is 8.56. The Morgan fingerprint density at radius 1 is 1.05 bits per heavy atom. The van der Waals surface area contributed by atoms with Gasteiger partial charge in [-0.25, -0.2) is 14.2 Å². The van der Waals surface area contributed by atoms with Crippen molar-refractivity contribution in [3.63, 3.8) is 0 Å². The van der Waals surface area contributed by atoms with Crippen molar-refractivity contribution in [1.82, 2.24) is 4.57 Å². The number of ether oxygens (including phenoxy) is 4. The maximum atomic E-state index is 14.0. The van der Waals surface area contributed by atoms with E-state index >= 15 is 0 Å². The summed E-state index contributed by atoms with van der Waals surface area (Å²) in [6.07, 6.45) is 1.78. The lowest BCUT2D eigenvalue weighted by Gasteiger charge is -2.26. The first-order chi connectivity index (χ1) is 21.2. The van der Waals surface area contributed by atoms with Gasteiger partial charge in [-0.1, -0.05) is 51.5 Å². The van der Waals surface area contributed by atoms with E-state index in [1.807, 2.05) is 31.2 Å². The second kappa shape index (κ2) is 13.6. The molecule has 3 aromatic carbocycles. The van der Waals surface area contributed by atoms with Gasteiger partial charge >= 0.3 is 5.97 Å². The number of aromatic nitrogens is 1. The Hall–Kier alpha value is -4.22. The maximum absolute atomic E-state index is 14.0. The highest BCUT2D eigenvalue weighted by molar-refractivity contribution is 9.10. The Kier molecular flexibility index (Phi) is 9.65. The molecule has 8 nitrogen and oxygen atoms in total. The molecule has 44 heavy (non-hydrogen) atoms. The molecule has 0 N–H and O–H groups in total. The zero-order valence-electron chi connectivity index (χ0n) is 24.6. The molecule has 1 atom stereocenters. The van der Waals surface area contributed by atoms with Crippen LogP contribution in [0.2, 0.25) is 0 Å². The number of fused-ring (bicyclic) bond motifs is 1. The van der Waals surface area contributed by atoms with Gasteiger partial charge in [-0.2, -0.15) is 0 Å². The van der Waals surface area contributed by atoms with E-state index < -0.39 is 12.0 Å². The Bertz CT molecular complexity index is 1900. The fraction of sp³-hybridized carbons (Fsp3) is 0.242. The smallest absolute Gasteiger partial charge is 0.338 e. The average Bonchev–Trinajstić information content (AvgIpc) is 3.31. The lowest BCUT2D eigenvalue weighted by molar-refractivity contribution is -0.139. The van der Waals surface area contributed by atoms with Crippen molar-refractivity contribution in [3.05, 3.63) is 119 Å². The number of hydrogen-bond acceptors (Lipinski definition) is 8. The van der Waals surface area contributed by atoms with Gasteiger partial charge in [0.15, 0.2) is 16.3 Å². The van der Waals surface area contributed by atoms with Gasteiger partial charge in [-0.15, -0.1) is 0 Å². The molecule has 0 aliphatic carbocycles. The first-order valence-corrected chi connectivity index (χ1v) is 15.5. The van der Waals surface area contributed by atoms with E-state index in [4.69, 9.17) is 18.9 Å². The largest absolute Gasteiger partial charge is 0.493 e. The number of hydrogen-bond donors (Lipinski definition) is 0. The summed E-state index contributed by atoms with van der Waals surface area (Å²) in [5, 5.41) is 0. The maximum Gasteiger partial charge on any atom is 0.338 e. The highest BCUT2D eigenvalue weighted by Gasteiger charge is 2.35. The number of thiazole rings is 1. The Balaban J connectivity index is 1.55. The van der Waals surface area contributed by atoms with E-state index in [1.165, 1.54) is 35.1 Å². The van der Waals surface area contributed by atoms with E-state index in [-0.39, 0.29) is 23.6 Å². The number of methoxy groups -OCH3 is 1. The SMILES string of the molecule is CCOC(=O)C1=C(C)N=c2s/c(=C/c3ccc(OCc4ccc(F)cc4)cc3)c(=O)n2[C@H]1c1cc(OC)c(OCC)cc1Br. The standard InChI is InChI=1S/C33H30BrFN2O6S/c1-5-41-27-17-25(34)24(16-26(27)40-4)30-29(32(39)42-6-2)19(3)36-33-37(30)31(38)28(44-33)15-20-9-13-23(14-10-20)43-18-21-7-11-22(35)12-8-21/h7-17,30H,5-6,18H2,1-4H3/b28-15+/t30-/m0/s1. The topological polar surface area (TPSA) is 88.4 Å². The summed E-state index contributed by atoms with van der Waals surface area (Å²) in [5.74, 6) is 0.781. The highest BCUT2D eigenvalue weighted by atomic mass is 79.9. The van der Waals surface area contributed by atoms with Crippen LogP contribution in [-0.4, -0.2) is 30.9 Å². The van der Waals surface area contributed by atoms with E-state index in [0.29, 0.717) is 55.5 Å². The molecule has 228 valence electrons. The summed E-state index contributed by atoms with van der Waals surface area (Å²) in [4.78, 5) is 32.4. The van der Waals surface area contributed by atoms with Crippen LogP contribution in [-0.2, 0) is 16.1 Å². The molecular weight excluding hydrogens is 651 g/mol. The number of halogens is 2. The van der Waals surface area contributed by atoms with Crippen LogP contribution < -0.4 is 29.1 Å². The number of carbonyl (C=O) groups excluding carboxylic acids is 1. The molecule has 4 aromatic rings. The average molecular weight is 682 g/mol. The molecule has 0 saturated carbocycles. The zero-order chi connectivity index (χ0) is 31.4. The fourth-order valence-electron chi connectivity index (χ4n) is 4.83. The van der Waals surface area contributed by atoms with Gasteiger partial charge in [-0.3, -0.25) is 9.36 Å². The Morgan fingerprint density at radius 2 is 1.77 bits per heavy atom. The third-order valence-electron chi connectivity index (χ3n) is 6.89. The lowest BCUT2D eigenvalue weighted by Crippen LogP contribution is -2.40. The van der Waals surface area contributed by atoms with Crippen molar-refractivity contribution in [3.8, 4) is 17.2 Å². The predicted octanol–water partition coefficient (Wildman–Crippen LogP) is 5.69.